The fourth-order valence-electron chi connectivity index (χ4n) is 4.15. The van der Waals surface area contributed by atoms with Gasteiger partial charge in [-0.15, -0.1) is 0 Å². The fraction of sp³-hybridized carbons (Fsp3) is 0.375. The third kappa shape index (κ3) is 3.80. The molecule has 3 aromatic rings. The van der Waals surface area contributed by atoms with Crippen molar-refractivity contribution in [2.24, 2.45) is 0 Å². The molecule has 0 radical (unpaired) electrons. The van der Waals surface area contributed by atoms with Crippen LogP contribution in [0.1, 0.15) is 39.7 Å². The Hall–Kier alpha value is -2.50. The van der Waals surface area contributed by atoms with Crippen molar-refractivity contribution in [3.63, 3.8) is 0 Å². The van der Waals surface area contributed by atoms with E-state index in [9.17, 15) is 4.79 Å². The number of epoxide rings is 1. The van der Waals surface area contributed by atoms with Crippen LogP contribution in [0.5, 0.6) is 5.75 Å². The van der Waals surface area contributed by atoms with Gasteiger partial charge >= 0.3 is 6.09 Å². The molecule has 2 aromatic carbocycles. The highest BCUT2D eigenvalue weighted by molar-refractivity contribution is 6.30. The molecule has 1 aromatic heterocycles. The summed E-state index contributed by atoms with van der Waals surface area (Å²) in [4.78, 5) is 12.3. The van der Waals surface area contributed by atoms with Crippen molar-refractivity contribution in [1.82, 2.24) is 9.88 Å². The van der Waals surface area contributed by atoms with Crippen LogP contribution in [0.2, 0.25) is 5.02 Å². The molecule has 0 bridgehead atoms. The minimum Gasteiger partial charge on any atom is -0.410 e. The second-order valence-electron chi connectivity index (χ2n) is 8.75. The number of aromatic nitrogens is 1. The van der Waals surface area contributed by atoms with Gasteiger partial charge in [-0.25, -0.2) is 4.79 Å². The molecule has 1 fully saturated rings. The summed E-state index contributed by atoms with van der Waals surface area (Å²) in [5.74, 6) is 0.533. The number of carbonyl (C=O) groups excluding carboxylic acids is 1. The second kappa shape index (κ2) is 7.64. The molecule has 5 nitrogen and oxygen atoms in total. The highest BCUT2D eigenvalue weighted by Gasteiger charge is 2.49. The number of hydrogen-bond acceptors (Lipinski definition) is 3. The van der Waals surface area contributed by atoms with Crippen molar-refractivity contribution >= 4 is 28.6 Å². The summed E-state index contributed by atoms with van der Waals surface area (Å²) >= 11 is 6.14. The third-order valence-electron chi connectivity index (χ3n) is 5.55. The summed E-state index contributed by atoms with van der Waals surface area (Å²) < 4.78 is 13.7. The Morgan fingerprint density at radius 3 is 2.50 bits per heavy atom. The van der Waals surface area contributed by atoms with Crippen molar-refractivity contribution in [3.8, 4) is 5.75 Å². The molecular weight excluding hydrogens is 400 g/mol. The van der Waals surface area contributed by atoms with Gasteiger partial charge in [0.25, 0.3) is 0 Å². The Kier molecular flexibility index (Phi) is 5.28. The lowest BCUT2D eigenvalue weighted by Gasteiger charge is -2.35. The van der Waals surface area contributed by atoms with Crippen molar-refractivity contribution in [3.05, 3.63) is 65.3 Å². The van der Waals surface area contributed by atoms with Gasteiger partial charge in [-0.3, -0.25) is 0 Å². The van der Waals surface area contributed by atoms with Crippen LogP contribution in [0.4, 0.5) is 4.79 Å². The van der Waals surface area contributed by atoms with Gasteiger partial charge in [-0.1, -0.05) is 36.7 Å². The van der Waals surface area contributed by atoms with E-state index in [1.165, 1.54) is 0 Å². The normalized spacial score (nSPS) is 18.1. The van der Waals surface area contributed by atoms with Crippen LogP contribution in [-0.2, 0) is 10.3 Å². The van der Waals surface area contributed by atoms with Gasteiger partial charge in [0.1, 0.15) is 11.9 Å². The Morgan fingerprint density at radius 1 is 1.20 bits per heavy atom. The topological polar surface area (TPSA) is 55.8 Å². The first-order chi connectivity index (χ1) is 14.2. The number of ether oxygens (including phenoxy) is 2. The predicted octanol–water partition coefficient (Wildman–Crippen LogP) is 5.73. The summed E-state index contributed by atoms with van der Waals surface area (Å²) in [6.45, 7) is 8.63. The van der Waals surface area contributed by atoms with Crippen LogP contribution in [0.25, 0.3) is 10.9 Å². The minimum atomic E-state index is -0.465. The first-order valence-electron chi connectivity index (χ1n) is 10.2. The molecule has 0 saturated carbocycles. The van der Waals surface area contributed by atoms with E-state index in [0.29, 0.717) is 17.4 Å². The van der Waals surface area contributed by atoms with E-state index in [4.69, 9.17) is 21.1 Å². The zero-order valence-corrected chi connectivity index (χ0v) is 18.5. The van der Waals surface area contributed by atoms with E-state index in [2.05, 4.69) is 35.1 Å². The number of rotatable bonds is 5. The Balaban J connectivity index is 1.78. The molecule has 158 valence electrons. The molecule has 2 heterocycles. The van der Waals surface area contributed by atoms with Crippen molar-refractivity contribution < 1.29 is 14.3 Å². The Bertz CT molecular complexity index is 1060. The molecule has 2 unspecified atom stereocenters. The summed E-state index contributed by atoms with van der Waals surface area (Å²) in [6.07, 6.45) is 2.51. The lowest BCUT2D eigenvalue weighted by Crippen LogP contribution is -2.42. The number of carbonyl (C=O) groups is 1. The number of benzene rings is 2. The molecule has 1 aliphatic heterocycles. The summed E-state index contributed by atoms with van der Waals surface area (Å²) in [6, 6.07) is 15.7. The number of nitrogens with one attached hydrogen (secondary N) is 1. The van der Waals surface area contributed by atoms with Crippen LogP contribution < -0.4 is 10.1 Å². The first-order valence-corrected chi connectivity index (χ1v) is 10.6. The number of hydrogen-bond donors (Lipinski definition) is 1. The van der Waals surface area contributed by atoms with E-state index in [-0.39, 0.29) is 17.2 Å². The van der Waals surface area contributed by atoms with Gasteiger partial charge in [0, 0.05) is 22.1 Å². The molecule has 30 heavy (non-hydrogen) atoms. The van der Waals surface area contributed by atoms with E-state index >= 15 is 0 Å². The molecule has 4 rings (SSSR count). The lowest BCUT2D eigenvalue weighted by molar-refractivity contribution is 0.191. The average Bonchev–Trinajstić information content (AvgIpc) is 3.43. The Morgan fingerprint density at radius 2 is 1.90 bits per heavy atom. The summed E-state index contributed by atoms with van der Waals surface area (Å²) in [7, 11) is 0. The molecule has 6 heteroatoms. The maximum atomic E-state index is 12.3. The van der Waals surface area contributed by atoms with E-state index in [1.807, 2.05) is 57.2 Å². The predicted molar refractivity (Wildman–Crippen MR) is 119 cm³/mol. The zero-order valence-electron chi connectivity index (χ0n) is 17.7. The maximum absolute atomic E-state index is 12.3. The molecule has 1 aliphatic rings. The molecular formula is C24H27ClN2O3. The monoisotopic (exact) mass is 426 g/mol. The van der Waals surface area contributed by atoms with Crippen molar-refractivity contribution in [1.29, 1.82) is 0 Å². The standard InChI is InChI=1S/C24H27ClN2O3/c1-5-24(21-15-29-21,16-9-11-17(25)12-10-16)27-14-13-18-19(27)7-6-8-20(18)30-22(28)26-23(2,3)4/h6-14,21H,5,15H2,1-4H3,(H,26,28). The molecule has 1 amide bonds. The van der Waals surface area contributed by atoms with Crippen LogP contribution >= 0.6 is 11.6 Å². The average molecular weight is 427 g/mol. The van der Waals surface area contributed by atoms with Crippen LogP contribution in [0.3, 0.4) is 0 Å². The molecule has 1 saturated heterocycles. The molecule has 0 aliphatic carbocycles. The number of fused-ring (bicyclic) bond motifs is 1. The van der Waals surface area contributed by atoms with Crippen LogP contribution in [-0.4, -0.2) is 28.9 Å². The minimum absolute atomic E-state index is 0.0769. The largest absolute Gasteiger partial charge is 0.413 e. The van der Waals surface area contributed by atoms with Crippen molar-refractivity contribution in [2.45, 2.75) is 51.3 Å². The van der Waals surface area contributed by atoms with Gasteiger partial charge < -0.3 is 19.4 Å². The van der Waals surface area contributed by atoms with Gasteiger partial charge in [0.15, 0.2) is 0 Å². The number of halogens is 1. The fourth-order valence-corrected chi connectivity index (χ4v) is 4.28. The van der Waals surface area contributed by atoms with Crippen LogP contribution in [0, 0.1) is 0 Å². The zero-order chi connectivity index (χ0) is 21.5. The van der Waals surface area contributed by atoms with E-state index in [1.54, 1.807) is 0 Å². The number of amides is 1. The van der Waals surface area contributed by atoms with Gasteiger partial charge in [0.2, 0.25) is 0 Å². The van der Waals surface area contributed by atoms with E-state index in [0.717, 1.165) is 22.9 Å². The van der Waals surface area contributed by atoms with Gasteiger partial charge in [-0.2, -0.15) is 0 Å². The summed E-state index contributed by atoms with van der Waals surface area (Å²) in [5.41, 5.74) is 1.40. The molecule has 1 N–H and O–H groups in total. The molecule has 0 spiro atoms. The highest BCUT2D eigenvalue weighted by atomic mass is 35.5. The van der Waals surface area contributed by atoms with Crippen LogP contribution in [0.15, 0.2) is 54.7 Å². The SMILES string of the molecule is CCC(c1ccc(Cl)cc1)(C1CO1)n1ccc2c(OC(=O)NC(C)(C)C)cccc21. The van der Waals surface area contributed by atoms with E-state index < -0.39 is 6.09 Å². The quantitative estimate of drug-likeness (QED) is 0.529. The molecule has 2 atom stereocenters. The number of nitrogens with zero attached hydrogens (tertiary/aromatic N) is 1. The third-order valence-corrected chi connectivity index (χ3v) is 5.80. The second-order valence-corrected chi connectivity index (χ2v) is 9.18. The highest BCUT2D eigenvalue weighted by Crippen LogP contribution is 2.44. The van der Waals surface area contributed by atoms with Gasteiger partial charge in [0.05, 0.1) is 17.7 Å². The van der Waals surface area contributed by atoms with Gasteiger partial charge in [-0.05, 0) is 63.1 Å². The smallest absolute Gasteiger partial charge is 0.410 e. The van der Waals surface area contributed by atoms with Crippen molar-refractivity contribution in [2.75, 3.05) is 6.61 Å². The Labute approximate surface area is 181 Å². The summed E-state index contributed by atoms with van der Waals surface area (Å²) in [5, 5.41) is 4.43. The first kappa shape index (κ1) is 20.8. The maximum Gasteiger partial charge on any atom is 0.413 e. The lowest BCUT2D eigenvalue weighted by atomic mass is 9.83.